The number of halogens is 2. The Kier molecular flexibility index (Phi) is 6.04. The van der Waals surface area contributed by atoms with Gasteiger partial charge in [-0.25, -0.2) is 9.07 Å². The van der Waals surface area contributed by atoms with E-state index in [1.165, 1.54) is 11.6 Å². The van der Waals surface area contributed by atoms with Crippen LogP contribution in [0.4, 0.5) is 4.39 Å². The van der Waals surface area contributed by atoms with Gasteiger partial charge in [-0.3, -0.25) is 4.90 Å². The van der Waals surface area contributed by atoms with Crippen LogP contribution in [0.3, 0.4) is 0 Å². The Balaban J connectivity index is 0.00000196. The summed E-state index contributed by atoms with van der Waals surface area (Å²) in [5.41, 5.74) is 3.33. The number of aromatic nitrogens is 2. The number of hydrogen-bond donors (Lipinski definition) is 1. The lowest BCUT2D eigenvalue weighted by Crippen LogP contribution is -2.45. The van der Waals surface area contributed by atoms with Gasteiger partial charge in [0.25, 0.3) is 0 Å². The largest absolute Gasteiger partial charge is 0.314 e. The van der Waals surface area contributed by atoms with Crippen LogP contribution in [0.25, 0.3) is 5.69 Å². The van der Waals surface area contributed by atoms with Crippen molar-refractivity contribution in [3.05, 3.63) is 83.9 Å². The van der Waals surface area contributed by atoms with Crippen molar-refractivity contribution in [3.63, 3.8) is 0 Å². The van der Waals surface area contributed by atoms with E-state index < -0.39 is 0 Å². The van der Waals surface area contributed by atoms with E-state index in [1.54, 1.807) is 18.3 Å². The highest BCUT2D eigenvalue weighted by Gasteiger charge is 2.24. The van der Waals surface area contributed by atoms with E-state index in [0.29, 0.717) is 0 Å². The summed E-state index contributed by atoms with van der Waals surface area (Å²) >= 11 is 0. The monoisotopic (exact) mass is 372 g/mol. The minimum atomic E-state index is -0.174. The maximum Gasteiger partial charge on any atom is 0.123 e. The third-order valence-corrected chi connectivity index (χ3v) is 4.68. The third kappa shape index (κ3) is 4.12. The molecular weight excluding hydrogens is 351 g/mol. The normalized spacial score (nSPS) is 17.7. The van der Waals surface area contributed by atoms with Crippen LogP contribution >= 0.6 is 12.4 Å². The highest BCUT2D eigenvalue weighted by molar-refractivity contribution is 5.85. The van der Waals surface area contributed by atoms with E-state index >= 15 is 0 Å². The van der Waals surface area contributed by atoms with Gasteiger partial charge >= 0.3 is 0 Å². The van der Waals surface area contributed by atoms with Crippen molar-refractivity contribution < 1.29 is 4.39 Å². The Morgan fingerprint density at radius 2 is 1.96 bits per heavy atom. The molecule has 1 atom stereocenters. The molecule has 1 unspecified atom stereocenters. The number of hydrogen-bond acceptors (Lipinski definition) is 3. The van der Waals surface area contributed by atoms with Gasteiger partial charge in [-0.2, -0.15) is 5.10 Å². The van der Waals surface area contributed by atoms with Crippen molar-refractivity contribution in [2.75, 3.05) is 19.6 Å². The van der Waals surface area contributed by atoms with Crippen molar-refractivity contribution in [3.8, 4) is 5.69 Å². The molecule has 3 aromatic rings. The SMILES string of the molecule is Cl.Fc1cccc(C2CNCCN2Cc2ccc(-n3cccn3)cc2)c1. The first-order chi connectivity index (χ1) is 12.3. The van der Waals surface area contributed by atoms with Crippen molar-refractivity contribution in [1.29, 1.82) is 0 Å². The molecule has 0 saturated carbocycles. The zero-order chi connectivity index (χ0) is 17.1. The van der Waals surface area contributed by atoms with Crippen molar-refractivity contribution in [2.24, 2.45) is 0 Å². The molecule has 4 nitrogen and oxygen atoms in total. The Morgan fingerprint density at radius 1 is 1.12 bits per heavy atom. The maximum atomic E-state index is 13.6. The van der Waals surface area contributed by atoms with E-state index in [9.17, 15) is 4.39 Å². The standard InChI is InChI=1S/C20H21FN4.ClH/c21-18-4-1-3-17(13-18)20-14-22-10-12-24(20)15-16-5-7-19(8-6-16)25-11-2-9-23-25;/h1-9,11,13,20,22H,10,12,14-15H2;1H. The number of rotatable bonds is 4. The molecule has 1 N–H and O–H groups in total. The van der Waals surface area contributed by atoms with Gasteiger partial charge in [0.2, 0.25) is 0 Å². The molecule has 1 aliphatic rings. The topological polar surface area (TPSA) is 33.1 Å². The van der Waals surface area contributed by atoms with Crippen LogP contribution in [0.5, 0.6) is 0 Å². The first-order valence-corrected chi connectivity index (χ1v) is 8.59. The molecule has 136 valence electrons. The van der Waals surface area contributed by atoms with Crippen LogP contribution in [-0.4, -0.2) is 34.3 Å². The molecule has 1 aliphatic heterocycles. The molecule has 1 fully saturated rings. The summed E-state index contributed by atoms with van der Waals surface area (Å²) in [7, 11) is 0. The molecule has 26 heavy (non-hydrogen) atoms. The summed E-state index contributed by atoms with van der Waals surface area (Å²) in [6, 6.07) is 17.5. The maximum absolute atomic E-state index is 13.6. The lowest BCUT2D eigenvalue weighted by Gasteiger charge is -2.36. The highest BCUT2D eigenvalue weighted by atomic mass is 35.5. The summed E-state index contributed by atoms with van der Waals surface area (Å²) in [4.78, 5) is 2.41. The molecule has 0 radical (unpaired) electrons. The van der Waals surface area contributed by atoms with E-state index in [1.807, 2.05) is 23.0 Å². The van der Waals surface area contributed by atoms with Crippen molar-refractivity contribution >= 4 is 12.4 Å². The van der Waals surface area contributed by atoms with Gasteiger partial charge in [0.15, 0.2) is 0 Å². The molecule has 6 heteroatoms. The van der Waals surface area contributed by atoms with E-state index in [4.69, 9.17) is 0 Å². The fourth-order valence-corrected chi connectivity index (χ4v) is 3.39. The Bertz CT molecular complexity index is 820. The second kappa shape index (κ2) is 8.45. The van der Waals surface area contributed by atoms with Crippen LogP contribution in [0.1, 0.15) is 17.2 Å². The van der Waals surface area contributed by atoms with Crippen molar-refractivity contribution in [2.45, 2.75) is 12.6 Å². The summed E-state index contributed by atoms with van der Waals surface area (Å²) in [6.45, 7) is 3.59. The van der Waals surface area contributed by atoms with Crippen molar-refractivity contribution in [1.82, 2.24) is 20.0 Å². The van der Waals surface area contributed by atoms with Crippen LogP contribution < -0.4 is 5.32 Å². The quantitative estimate of drug-likeness (QED) is 0.760. The average molecular weight is 373 g/mol. The Labute approximate surface area is 159 Å². The van der Waals surface area contributed by atoms with Crippen LogP contribution in [0.15, 0.2) is 67.0 Å². The van der Waals surface area contributed by atoms with Gasteiger partial charge in [-0.1, -0.05) is 24.3 Å². The Morgan fingerprint density at radius 3 is 2.69 bits per heavy atom. The zero-order valence-corrected chi connectivity index (χ0v) is 15.2. The van der Waals surface area contributed by atoms with Gasteiger partial charge in [-0.05, 0) is 41.5 Å². The van der Waals surface area contributed by atoms with Crippen LogP contribution in [0.2, 0.25) is 0 Å². The number of nitrogens with zero attached hydrogens (tertiary/aromatic N) is 3. The number of benzene rings is 2. The van der Waals surface area contributed by atoms with E-state index in [0.717, 1.165) is 37.4 Å². The fourth-order valence-electron chi connectivity index (χ4n) is 3.39. The molecule has 2 heterocycles. The molecule has 0 spiro atoms. The molecule has 2 aromatic carbocycles. The second-order valence-electron chi connectivity index (χ2n) is 6.36. The average Bonchev–Trinajstić information content (AvgIpc) is 3.18. The molecular formula is C20H22ClFN4. The molecule has 0 bridgehead atoms. The summed E-state index contributed by atoms with van der Waals surface area (Å²) in [5, 5.41) is 7.67. The first-order valence-electron chi connectivity index (χ1n) is 8.59. The smallest absolute Gasteiger partial charge is 0.123 e. The summed E-state index contributed by atoms with van der Waals surface area (Å²) < 4.78 is 15.5. The predicted molar refractivity (Wildman–Crippen MR) is 103 cm³/mol. The summed E-state index contributed by atoms with van der Waals surface area (Å²) in [6.07, 6.45) is 3.71. The van der Waals surface area contributed by atoms with E-state index in [2.05, 4.69) is 39.6 Å². The lowest BCUT2D eigenvalue weighted by atomic mass is 10.0. The number of piperazine rings is 1. The Hall–Kier alpha value is -2.21. The van der Waals surface area contributed by atoms with Gasteiger partial charge in [-0.15, -0.1) is 12.4 Å². The van der Waals surface area contributed by atoms with Gasteiger partial charge in [0.1, 0.15) is 5.82 Å². The molecule has 0 aliphatic carbocycles. The highest BCUT2D eigenvalue weighted by Crippen LogP contribution is 2.25. The molecule has 1 saturated heterocycles. The van der Waals surface area contributed by atoms with Crippen LogP contribution in [-0.2, 0) is 6.54 Å². The number of nitrogens with one attached hydrogen (secondary N) is 1. The first kappa shape index (κ1) is 18.6. The molecule has 4 rings (SSSR count). The minimum Gasteiger partial charge on any atom is -0.314 e. The zero-order valence-electron chi connectivity index (χ0n) is 14.4. The van der Waals surface area contributed by atoms with Gasteiger partial charge in [0, 0.05) is 44.6 Å². The fraction of sp³-hybridized carbons (Fsp3) is 0.250. The van der Waals surface area contributed by atoms with Gasteiger partial charge < -0.3 is 5.32 Å². The van der Waals surface area contributed by atoms with Crippen LogP contribution in [0, 0.1) is 5.82 Å². The molecule has 0 amide bonds. The molecule has 1 aromatic heterocycles. The second-order valence-corrected chi connectivity index (χ2v) is 6.36. The minimum absolute atomic E-state index is 0. The summed E-state index contributed by atoms with van der Waals surface area (Å²) in [5.74, 6) is -0.174. The predicted octanol–water partition coefficient (Wildman–Crippen LogP) is 3.58. The lowest BCUT2D eigenvalue weighted by molar-refractivity contribution is 0.153. The van der Waals surface area contributed by atoms with E-state index in [-0.39, 0.29) is 24.3 Å². The third-order valence-electron chi connectivity index (χ3n) is 4.68. The van der Waals surface area contributed by atoms with Gasteiger partial charge in [0.05, 0.1) is 5.69 Å².